The lowest BCUT2D eigenvalue weighted by Crippen LogP contribution is -2.51. The van der Waals surface area contributed by atoms with E-state index in [2.05, 4.69) is 13.8 Å². The van der Waals surface area contributed by atoms with Crippen LogP contribution in [-0.2, 0) is 10.0 Å². The number of aromatic nitrogens is 4. The molecule has 34 heavy (non-hydrogen) atoms. The molecule has 10 nitrogen and oxygen atoms in total. The summed E-state index contributed by atoms with van der Waals surface area (Å²) >= 11 is 0.970. The average Bonchev–Trinajstić information content (AvgIpc) is 3.33. The Morgan fingerprint density at radius 1 is 0.971 bits per heavy atom. The molecule has 0 atom stereocenters. The molecular weight excluding hydrogens is 476 g/mol. The minimum absolute atomic E-state index is 0.121. The fraction of sp³-hybridized carbons (Fsp3) is 0.318. The molecule has 0 radical (unpaired) electrons. The predicted octanol–water partition coefficient (Wildman–Crippen LogP) is 2.13. The van der Waals surface area contributed by atoms with Crippen LogP contribution in [0.1, 0.15) is 30.4 Å². The van der Waals surface area contributed by atoms with Gasteiger partial charge in [-0.3, -0.25) is 9.59 Å². The molecular formula is C22H22N6O4S2. The molecule has 5 rings (SSSR count). The molecule has 3 heterocycles. The van der Waals surface area contributed by atoms with Crippen LogP contribution in [0.3, 0.4) is 0 Å². The van der Waals surface area contributed by atoms with Gasteiger partial charge in [0.05, 0.1) is 23.2 Å². The van der Waals surface area contributed by atoms with Crippen LogP contribution < -0.4 is 5.56 Å². The van der Waals surface area contributed by atoms with Crippen molar-refractivity contribution in [3.8, 4) is 0 Å². The molecule has 0 bridgehead atoms. The molecule has 2 aromatic heterocycles. The molecule has 0 spiro atoms. The Morgan fingerprint density at radius 2 is 1.68 bits per heavy atom. The van der Waals surface area contributed by atoms with Gasteiger partial charge in [0.15, 0.2) is 5.69 Å². The molecule has 4 aromatic rings. The van der Waals surface area contributed by atoms with Crippen molar-refractivity contribution in [3.05, 3.63) is 58.5 Å². The van der Waals surface area contributed by atoms with Crippen LogP contribution in [0.25, 0.3) is 21.8 Å². The van der Waals surface area contributed by atoms with Crippen LogP contribution in [0.5, 0.6) is 0 Å². The van der Waals surface area contributed by atoms with Gasteiger partial charge in [0, 0.05) is 31.6 Å². The topological polar surface area (TPSA) is 118 Å². The van der Waals surface area contributed by atoms with Crippen molar-refractivity contribution < 1.29 is 13.2 Å². The molecule has 1 saturated heterocycles. The standard InChI is InChI=1S/C22H22N6O4S2/c1-14(2)28-21(29)16-7-4-3-6-15(16)19(23-28)22(30)26-10-12-27(13-11-26)34(31,32)18-9-5-8-17-20(18)25-33-24-17/h3-9,14H,10-13H2,1-2H3. The van der Waals surface area contributed by atoms with E-state index in [0.717, 1.165) is 11.7 Å². The Kier molecular flexibility index (Phi) is 5.66. The lowest BCUT2D eigenvalue weighted by atomic mass is 10.1. The Morgan fingerprint density at radius 3 is 2.38 bits per heavy atom. The molecule has 1 aliphatic heterocycles. The van der Waals surface area contributed by atoms with Crippen molar-refractivity contribution in [2.24, 2.45) is 0 Å². The summed E-state index contributed by atoms with van der Waals surface area (Å²) in [6.07, 6.45) is 0. The number of carbonyl (C=O) groups excluding carboxylic acids is 1. The first-order valence-electron chi connectivity index (χ1n) is 10.8. The zero-order valence-electron chi connectivity index (χ0n) is 18.6. The van der Waals surface area contributed by atoms with Gasteiger partial charge in [-0.15, -0.1) is 0 Å². The summed E-state index contributed by atoms with van der Waals surface area (Å²) in [5.74, 6) is -0.326. The number of nitrogens with zero attached hydrogens (tertiary/aromatic N) is 6. The predicted molar refractivity (Wildman–Crippen MR) is 128 cm³/mol. The number of sulfonamides is 1. The fourth-order valence-electron chi connectivity index (χ4n) is 4.12. The van der Waals surface area contributed by atoms with Crippen molar-refractivity contribution >= 4 is 49.5 Å². The Labute approximate surface area is 199 Å². The smallest absolute Gasteiger partial charge is 0.275 e. The van der Waals surface area contributed by atoms with E-state index >= 15 is 0 Å². The van der Waals surface area contributed by atoms with Gasteiger partial charge in [-0.05, 0) is 32.0 Å². The summed E-state index contributed by atoms with van der Waals surface area (Å²) in [5, 5.41) is 5.31. The summed E-state index contributed by atoms with van der Waals surface area (Å²) in [4.78, 5) is 27.9. The molecule has 1 fully saturated rings. The van der Waals surface area contributed by atoms with E-state index in [1.807, 2.05) is 13.8 Å². The lowest BCUT2D eigenvalue weighted by Gasteiger charge is -2.34. The number of carbonyl (C=O) groups is 1. The summed E-state index contributed by atoms with van der Waals surface area (Å²) in [7, 11) is -3.79. The maximum Gasteiger partial charge on any atom is 0.275 e. The van der Waals surface area contributed by atoms with E-state index < -0.39 is 10.0 Å². The van der Waals surface area contributed by atoms with E-state index in [9.17, 15) is 18.0 Å². The summed E-state index contributed by atoms with van der Waals surface area (Å²) in [5.41, 5.74) is 0.845. The molecule has 1 amide bonds. The number of rotatable bonds is 4. The minimum atomic E-state index is -3.79. The SMILES string of the molecule is CC(C)n1nc(C(=O)N2CCN(S(=O)(=O)c3cccc4nsnc34)CC2)c2ccccc2c1=O. The van der Waals surface area contributed by atoms with Gasteiger partial charge in [0.2, 0.25) is 10.0 Å². The third-order valence-electron chi connectivity index (χ3n) is 5.91. The Balaban J connectivity index is 1.42. The number of amides is 1. The zero-order chi connectivity index (χ0) is 24.0. The van der Waals surface area contributed by atoms with E-state index in [1.54, 1.807) is 41.3 Å². The second kappa shape index (κ2) is 8.53. The van der Waals surface area contributed by atoms with E-state index in [4.69, 9.17) is 0 Å². The second-order valence-corrected chi connectivity index (χ2v) is 10.8. The third kappa shape index (κ3) is 3.67. The van der Waals surface area contributed by atoms with Crippen molar-refractivity contribution in [1.29, 1.82) is 0 Å². The quantitative estimate of drug-likeness (QED) is 0.423. The van der Waals surface area contributed by atoms with E-state index in [0.29, 0.717) is 21.8 Å². The molecule has 0 unspecified atom stereocenters. The normalized spacial score (nSPS) is 15.4. The number of benzene rings is 2. The third-order valence-corrected chi connectivity index (χ3v) is 8.39. The highest BCUT2D eigenvalue weighted by Gasteiger charge is 2.33. The van der Waals surface area contributed by atoms with Crippen molar-refractivity contribution in [2.75, 3.05) is 26.2 Å². The summed E-state index contributed by atoms with van der Waals surface area (Å²) < 4.78 is 37.5. The average molecular weight is 499 g/mol. The van der Waals surface area contributed by atoms with Crippen LogP contribution in [-0.4, -0.2) is 68.2 Å². The van der Waals surface area contributed by atoms with Gasteiger partial charge in [0.25, 0.3) is 11.5 Å². The summed E-state index contributed by atoms with van der Waals surface area (Å²) in [6.45, 7) is 4.37. The molecule has 12 heteroatoms. The second-order valence-electron chi connectivity index (χ2n) is 8.32. The number of hydrogen-bond donors (Lipinski definition) is 0. The van der Waals surface area contributed by atoms with Crippen LogP contribution in [0.4, 0.5) is 0 Å². The van der Waals surface area contributed by atoms with Gasteiger partial charge in [-0.2, -0.15) is 18.2 Å². The maximum absolute atomic E-state index is 13.4. The summed E-state index contributed by atoms with van der Waals surface area (Å²) in [6, 6.07) is 11.6. The molecule has 176 valence electrons. The first-order valence-corrected chi connectivity index (χ1v) is 13.0. The first-order chi connectivity index (χ1) is 16.3. The maximum atomic E-state index is 13.4. The number of piperazine rings is 1. The van der Waals surface area contributed by atoms with Crippen molar-refractivity contribution in [2.45, 2.75) is 24.8 Å². The molecule has 0 aliphatic carbocycles. The molecule has 0 saturated carbocycles. The number of hydrogen-bond acceptors (Lipinski definition) is 8. The number of fused-ring (bicyclic) bond motifs is 2. The van der Waals surface area contributed by atoms with Gasteiger partial charge < -0.3 is 4.90 Å². The Hall–Kier alpha value is -3.22. The van der Waals surface area contributed by atoms with Crippen LogP contribution in [0, 0.1) is 0 Å². The molecule has 1 aliphatic rings. The van der Waals surface area contributed by atoms with E-state index in [-0.39, 0.29) is 54.3 Å². The highest BCUT2D eigenvalue weighted by Crippen LogP contribution is 2.26. The van der Waals surface area contributed by atoms with Gasteiger partial charge in [-0.1, -0.05) is 24.3 Å². The van der Waals surface area contributed by atoms with Crippen molar-refractivity contribution in [3.63, 3.8) is 0 Å². The van der Waals surface area contributed by atoms with Crippen LogP contribution >= 0.6 is 11.7 Å². The highest BCUT2D eigenvalue weighted by atomic mass is 32.2. The Bertz CT molecular complexity index is 1570. The largest absolute Gasteiger partial charge is 0.335 e. The van der Waals surface area contributed by atoms with Crippen molar-refractivity contribution in [1.82, 2.24) is 27.7 Å². The van der Waals surface area contributed by atoms with Crippen LogP contribution in [0.2, 0.25) is 0 Å². The lowest BCUT2D eigenvalue weighted by molar-refractivity contribution is 0.0691. The van der Waals surface area contributed by atoms with Gasteiger partial charge in [0.1, 0.15) is 15.9 Å². The van der Waals surface area contributed by atoms with E-state index in [1.165, 1.54) is 15.1 Å². The van der Waals surface area contributed by atoms with Crippen LogP contribution in [0.15, 0.2) is 52.2 Å². The zero-order valence-corrected chi connectivity index (χ0v) is 20.2. The molecule has 2 aromatic carbocycles. The van der Waals surface area contributed by atoms with Gasteiger partial charge in [-0.25, -0.2) is 13.1 Å². The first kappa shape index (κ1) is 22.6. The minimum Gasteiger partial charge on any atom is -0.335 e. The fourth-order valence-corrected chi connectivity index (χ4v) is 6.30. The van der Waals surface area contributed by atoms with Gasteiger partial charge >= 0.3 is 0 Å². The monoisotopic (exact) mass is 498 g/mol. The highest BCUT2D eigenvalue weighted by molar-refractivity contribution is 7.89. The molecule has 0 N–H and O–H groups in total.